The molecule has 1 N–H and O–H groups in total. The minimum absolute atomic E-state index is 0.317. The van der Waals surface area contributed by atoms with Gasteiger partial charge in [-0.25, -0.2) is 14.4 Å². The lowest BCUT2D eigenvalue weighted by molar-refractivity contribution is 0.637. The van der Waals surface area contributed by atoms with Crippen LogP contribution in [0.4, 0.5) is 4.39 Å². The Morgan fingerprint density at radius 3 is 2.94 bits per heavy atom. The van der Waals surface area contributed by atoms with E-state index in [1.165, 1.54) is 6.07 Å². The quantitative estimate of drug-likeness (QED) is 0.677. The number of aromatic nitrogens is 4. The van der Waals surface area contributed by atoms with E-state index in [4.69, 9.17) is 0 Å². The summed E-state index contributed by atoms with van der Waals surface area (Å²) in [5.41, 5.74) is 1.88. The van der Waals surface area contributed by atoms with E-state index in [0.717, 1.165) is 5.69 Å². The molecule has 0 spiro atoms. The SMILES string of the molecule is Cn1cncc1-c1nc2c(F)cccc2[nH]1. The zero-order valence-corrected chi connectivity index (χ0v) is 8.61. The number of halogens is 1. The smallest absolute Gasteiger partial charge is 0.156 e. The minimum atomic E-state index is -0.317. The van der Waals surface area contributed by atoms with Gasteiger partial charge in [-0.2, -0.15) is 0 Å². The molecule has 0 bridgehead atoms. The third-order valence-electron chi connectivity index (χ3n) is 2.52. The van der Waals surface area contributed by atoms with E-state index in [1.807, 2.05) is 11.6 Å². The van der Waals surface area contributed by atoms with Crippen LogP contribution in [0.15, 0.2) is 30.7 Å². The highest BCUT2D eigenvalue weighted by Crippen LogP contribution is 2.21. The first-order valence-corrected chi connectivity index (χ1v) is 4.86. The molecule has 0 aliphatic rings. The van der Waals surface area contributed by atoms with Gasteiger partial charge in [-0.1, -0.05) is 6.07 Å². The number of rotatable bonds is 1. The van der Waals surface area contributed by atoms with E-state index in [2.05, 4.69) is 15.0 Å². The van der Waals surface area contributed by atoms with Crippen molar-refractivity contribution in [3.63, 3.8) is 0 Å². The maximum atomic E-state index is 13.4. The molecule has 0 aliphatic heterocycles. The molecule has 3 aromatic rings. The van der Waals surface area contributed by atoms with Crippen LogP contribution >= 0.6 is 0 Å². The summed E-state index contributed by atoms with van der Waals surface area (Å²) in [5, 5.41) is 0. The lowest BCUT2D eigenvalue weighted by Gasteiger charge is -1.95. The Labute approximate surface area is 90.8 Å². The summed E-state index contributed by atoms with van der Waals surface area (Å²) in [6.07, 6.45) is 3.37. The second-order valence-corrected chi connectivity index (χ2v) is 3.61. The van der Waals surface area contributed by atoms with E-state index in [-0.39, 0.29) is 5.82 Å². The van der Waals surface area contributed by atoms with Gasteiger partial charge >= 0.3 is 0 Å². The molecular formula is C11H9FN4. The number of hydrogen-bond donors (Lipinski definition) is 1. The number of nitrogens with zero attached hydrogens (tertiary/aromatic N) is 3. The average molecular weight is 216 g/mol. The third kappa shape index (κ3) is 1.21. The second kappa shape index (κ2) is 3.16. The molecule has 2 aromatic heterocycles. The lowest BCUT2D eigenvalue weighted by atomic mass is 10.3. The topological polar surface area (TPSA) is 46.5 Å². The van der Waals surface area contributed by atoms with E-state index in [1.54, 1.807) is 24.7 Å². The maximum Gasteiger partial charge on any atom is 0.156 e. The van der Waals surface area contributed by atoms with Crippen LogP contribution in [-0.4, -0.2) is 19.5 Å². The van der Waals surface area contributed by atoms with Crippen molar-refractivity contribution in [3.8, 4) is 11.5 Å². The highest BCUT2D eigenvalue weighted by molar-refractivity contribution is 5.79. The van der Waals surface area contributed by atoms with Gasteiger partial charge in [0.25, 0.3) is 0 Å². The molecule has 0 saturated heterocycles. The van der Waals surface area contributed by atoms with Gasteiger partial charge in [-0.05, 0) is 12.1 Å². The number of fused-ring (bicyclic) bond motifs is 1. The molecule has 0 fully saturated rings. The monoisotopic (exact) mass is 216 g/mol. The number of aromatic amines is 1. The average Bonchev–Trinajstić information content (AvgIpc) is 2.84. The molecule has 16 heavy (non-hydrogen) atoms. The van der Waals surface area contributed by atoms with Gasteiger partial charge in [0.15, 0.2) is 11.6 Å². The molecule has 0 radical (unpaired) electrons. The Bertz CT molecular complexity index is 653. The predicted octanol–water partition coefficient (Wildman–Crippen LogP) is 2.10. The summed E-state index contributed by atoms with van der Waals surface area (Å²) in [6.45, 7) is 0. The van der Waals surface area contributed by atoms with Gasteiger partial charge in [-0.3, -0.25) is 0 Å². The van der Waals surface area contributed by atoms with Crippen LogP contribution in [0.3, 0.4) is 0 Å². The third-order valence-corrected chi connectivity index (χ3v) is 2.52. The Morgan fingerprint density at radius 2 is 2.25 bits per heavy atom. The number of imidazole rings is 2. The zero-order chi connectivity index (χ0) is 11.1. The van der Waals surface area contributed by atoms with Crippen molar-refractivity contribution in [1.82, 2.24) is 19.5 Å². The molecule has 2 heterocycles. The Morgan fingerprint density at radius 1 is 1.38 bits per heavy atom. The molecule has 1 aromatic carbocycles. The molecule has 3 rings (SSSR count). The van der Waals surface area contributed by atoms with E-state index in [0.29, 0.717) is 16.9 Å². The molecule has 0 unspecified atom stereocenters. The molecule has 0 saturated carbocycles. The van der Waals surface area contributed by atoms with Crippen LogP contribution in [-0.2, 0) is 7.05 Å². The molecule has 4 nitrogen and oxygen atoms in total. The van der Waals surface area contributed by atoms with Gasteiger partial charge in [0, 0.05) is 7.05 Å². The summed E-state index contributed by atoms with van der Waals surface area (Å²) in [7, 11) is 1.87. The van der Waals surface area contributed by atoms with Crippen LogP contribution in [0.1, 0.15) is 0 Å². The number of benzene rings is 1. The molecule has 0 atom stereocenters. The zero-order valence-electron chi connectivity index (χ0n) is 8.61. The number of nitrogens with one attached hydrogen (secondary N) is 1. The Balaban J connectivity index is 2.27. The lowest BCUT2D eigenvalue weighted by Crippen LogP contribution is -1.90. The van der Waals surface area contributed by atoms with Gasteiger partial charge in [0.05, 0.1) is 18.0 Å². The minimum Gasteiger partial charge on any atom is -0.337 e. The number of para-hydroxylation sites is 1. The molecule has 80 valence electrons. The summed E-state index contributed by atoms with van der Waals surface area (Å²) in [4.78, 5) is 11.3. The van der Waals surface area contributed by atoms with E-state index < -0.39 is 0 Å². The van der Waals surface area contributed by atoms with E-state index >= 15 is 0 Å². The predicted molar refractivity (Wildman–Crippen MR) is 58.3 cm³/mol. The summed E-state index contributed by atoms with van der Waals surface area (Å²) in [6, 6.07) is 4.85. The number of hydrogen-bond acceptors (Lipinski definition) is 2. The molecular weight excluding hydrogens is 207 g/mol. The summed E-state index contributed by atoms with van der Waals surface area (Å²) in [5.74, 6) is 0.308. The normalized spacial score (nSPS) is 11.1. The van der Waals surface area contributed by atoms with Crippen molar-refractivity contribution in [2.45, 2.75) is 0 Å². The summed E-state index contributed by atoms with van der Waals surface area (Å²) < 4.78 is 15.3. The van der Waals surface area contributed by atoms with Gasteiger partial charge in [0.1, 0.15) is 11.2 Å². The Kier molecular flexibility index (Phi) is 1.80. The first kappa shape index (κ1) is 9.08. The molecule has 5 heteroatoms. The molecule has 0 aliphatic carbocycles. The van der Waals surface area contributed by atoms with Crippen LogP contribution < -0.4 is 0 Å². The highest BCUT2D eigenvalue weighted by atomic mass is 19.1. The van der Waals surface area contributed by atoms with Crippen LogP contribution in [0, 0.1) is 5.82 Å². The van der Waals surface area contributed by atoms with Crippen LogP contribution in [0.25, 0.3) is 22.6 Å². The fourth-order valence-corrected chi connectivity index (χ4v) is 1.70. The van der Waals surface area contributed by atoms with Gasteiger partial charge < -0.3 is 9.55 Å². The van der Waals surface area contributed by atoms with Crippen molar-refractivity contribution in [2.24, 2.45) is 7.05 Å². The fraction of sp³-hybridized carbons (Fsp3) is 0.0909. The van der Waals surface area contributed by atoms with Crippen molar-refractivity contribution in [2.75, 3.05) is 0 Å². The number of H-pyrrole nitrogens is 1. The largest absolute Gasteiger partial charge is 0.337 e. The summed E-state index contributed by atoms with van der Waals surface area (Å²) >= 11 is 0. The van der Waals surface area contributed by atoms with Crippen LogP contribution in [0.2, 0.25) is 0 Å². The van der Waals surface area contributed by atoms with Crippen molar-refractivity contribution >= 4 is 11.0 Å². The van der Waals surface area contributed by atoms with Crippen LogP contribution in [0.5, 0.6) is 0 Å². The van der Waals surface area contributed by atoms with Crippen molar-refractivity contribution < 1.29 is 4.39 Å². The van der Waals surface area contributed by atoms with Crippen molar-refractivity contribution in [3.05, 3.63) is 36.5 Å². The first-order chi connectivity index (χ1) is 7.75. The van der Waals surface area contributed by atoms with Crippen molar-refractivity contribution in [1.29, 1.82) is 0 Å². The first-order valence-electron chi connectivity index (χ1n) is 4.86. The standard InChI is InChI=1S/C11H9FN4/c1-16-6-13-5-9(16)11-14-8-4-2-3-7(12)10(8)15-11/h2-6H,1H3,(H,14,15). The Hall–Kier alpha value is -2.17. The number of aryl methyl sites for hydroxylation is 1. The molecule has 0 amide bonds. The second-order valence-electron chi connectivity index (χ2n) is 3.61. The highest BCUT2D eigenvalue weighted by Gasteiger charge is 2.10. The van der Waals surface area contributed by atoms with Gasteiger partial charge in [0.2, 0.25) is 0 Å². The maximum absolute atomic E-state index is 13.4. The van der Waals surface area contributed by atoms with E-state index in [9.17, 15) is 4.39 Å². The fourth-order valence-electron chi connectivity index (χ4n) is 1.70. The van der Waals surface area contributed by atoms with Gasteiger partial charge in [-0.15, -0.1) is 0 Å².